The van der Waals surface area contributed by atoms with Gasteiger partial charge in [0.1, 0.15) is 17.8 Å². The molecule has 2 aliphatic heterocycles. The van der Waals surface area contributed by atoms with Crippen molar-refractivity contribution >= 4 is 0 Å². The lowest BCUT2D eigenvalue weighted by Crippen LogP contribution is -2.30. The Morgan fingerprint density at radius 3 is 2.45 bits per heavy atom. The second-order valence-electron chi connectivity index (χ2n) is 10.4. The molecule has 38 heavy (non-hydrogen) atoms. The Balaban J connectivity index is 1.41. The van der Waals surface area contributed by atoms with Gasteiger partial charge in [-0.15, -0.1) is 0 Å². The van der Waals surface area contributed by atoms with Crippen molar-refractivity contribution in [1.82, 2.24) is 4.57 Å². The number of hydrogen-bond donors (Lipinski definition) is 0. The highest BCUT2D eigenvalue weighted by Crippen LogP contribution is 2.36. The van der Waals surface area contributed by atoms with Crippen molar-refractivity contribution in [2.45, 2.75) is 58.3 Å². The van der Waals surface area contributed by atoms with E-state index in [1.54, 1.807) is 0 Å². The van der Waals surface area contributed by atoms with E-state index in [-0.39, 0.29) is 6.10 Å². The van der Waals surface area contributed by atoms with E-state index in [0.717, 1.165) is 56.5 Å². The van der Waals surface area contributed by atoms with Gasteiger partial charge < -0.3 is 14.0 Å². The minimum Gasteiger partial charge on any atom is -0.488 e. The summed E-state index contributed by atoms with van der Waals surface area (Å²) in [5.74, 6) is 0.940. The summed E-state index contributed by atoms with van der Waals surface area (Å²) >= 11 is 0. The molecule has 1 unspecified atom stereocenters. The lowest BCUT2D eigenvalue weighted by molar-refractivity contribution is 0.117. The Morgan fingerprint density at radius 2 is 1.71 bits per heavy atom. The maximum atomic E-state index is 6.51. The summed E-state index contributed by atoms with van der Waals surface area (Å²) in [4.78, 5) is 5.10. The van der Waals surface area contributed by atoms with E-state index >= 15 is 0 Å². The van der Waals surface area contributed by atoms with Crippen LogP contribution in [0.25, 0.3) is 11.3 Å². The van der Waals surface area contributed by atoms with Crippen LogP contribution in [0.2, 0.25) is 0 Å². The number of benzene rings is 3. The molecule has 3 heterocycles. The van der Waals surface area contributed by atoms with Gasteiger partial charge in [0.2, 0.25) is 0 Å². The molecule has 2 aliphatic rings. The Labute approximate surface area is 225 Å². The Bertz CT molecular complexity index is 1450. The third kappa shape index (κ3) is 5.32. The Kier molecular flexibility index (Phi) is 7.41. The van der Waals surface area contributed by atoms with Crippen LogP contribution < -0.4 is 10.2 Å². The molecule has 1 atom stereocenters. The molecular weight excluding hydrogens is 468 g/mol. The molecule has 0 aliphatic carbocycles. The summed E-state index contributed by atoms with van der Waals surface area (Å²) < 4.78 is 14.8. The number of aryl methyl sites for hydroxylation is 1. The molecule has 0 saturated carbocycles. The first-order valence-corrected chi connectivity index (χ1v) is 14.0. The normalized spacial score (nSPS) is 16.8. The van der Waals surface area contributed by atoms with Gasteiger partial charge in [-0.05, 0) is 54.4 Å². The maximum absolute atomic E-state index is 6.51. The van der Waals surface area contributed by atoms with Crippen LogP contribution >= 0.6 is 0 Å². The molecule has 4 nitrogen and oxygen atoms in total. The molecule has 194 valence electrons. The monoisotopic (exact) mass is 504 g/mol. The lowest BCUT2D eigenvalue weighted by atomic mass is 9.90. The molecular formula is C34H36N2O2. The van der Waals surface area contributed by atoms with Crippen LogP contribution in [0.15, 0.2) is 89.9 Å². The van der Waals surface area contributed by atoms with Crippen molar-refractivity contribution in [3.05, 3.63) is 118 Å². The van der Waals surface area contributed by atoms with Crippen molar-refractivity contribution in [2.24, 2.45) is 4.99 Å². The average molecular weight is 505 g/mol. The molecule has 1 aromatic heterocycles. The lowest BCUT2D eigenvalue weighted by Gasteiger charge is -2.27. The zero-order valence-corrected chi connectivity index (χ0v) is 22.2. The molecule has 4 heteroatoms. The highest BCUT2D eigenvalue weighted by atomic mass is 16.5. The van der Waals surface area contributed by atoms with E-state index in [1.807, 2.05) is 6.07 Å². The minimum absolute atomic E-state index is 0.224. The topological polar surface area (TPSA) is 35.8 Å². The fraction of sp³-hybridized carbons (Fsp3) is 0.324. The van der Waals surface area contributed by atoms with E-state index in [1.165, 1.54) is 39.1 Å². The quantitative estimate of drug-likeness (QED) is 0.274. The first kappa shape index (κ1) is 24.7. The first-order valence-electron chi connectivity index (χ1n) is 14.0. The summed E-state index contributed by atoms with van der Waals surface area (Å²) in [5.41, 5.74) is 10.1. The maximum Gasteiger partial charge on any atom is 0.131 e. The molecule has 0 spiro atoms. The van der Waals surface area contributed by atoms with Crippen LogP contribution in [-0.4, -0.2) is 23.8 Å². The van der Waals surface area contributed by atoms with E-state index in [0.29, 0.717) is 13.2 Å². The number of hydrogen-bond acceptors (Lipinski definition) is 3. The van der Waals surface area contributed by atoms with Gasteiger partial charge in [-0.25, -0.2) is 0 Å². The van der Waals surface area contributed by atoms with E-state index in [4.69, 9.17) is 14.5 Å². The van der Waals surface area contributed by atoms with Crippen molar-refractivity contribution in [1.29, 1.82) is 0 Å². The number of fused-ring (bicyclic) bond motifs is 3. The smallest absolute Gasteiger partial charge is 0.131 e. The zero-order chi connectivity index (χ0) is 25.7. The largest absolute Gasteiger partial charge is 0.488 e. The van der Waals surface area contributed by atoms with Gasteiger partial charge >= 0.3 is 0 Å². The molecule has 1 fully saturated rings. The van der Waals surface area contributed by atoms with Crippen LogP contribution in [0.3, 0.4) is 0 Å². The van der Waals surface area contributed by atoms with E-state index in [9.17, 15) is 0 Å². The van der Waals surface area contributed by atoms with Crippen molar-refractivity contribution in [3.8, 4) is 17.0 Å². The second-order valence-corrected chi connectivity index (χ2v) is 10.4. The second kappa shape index (κ2) is 11.4. The van der Waals surface area contributed by atoms with Gasteiger partial charge in [0.15, 0.2) is 0 Å². The third-order valence-corrected chi connectivity index (χ3v) is 7.74. The molecule has 0 N–H and O–H groups in total. The van der Waals surface area contributed by atoms with Crippen LogP contribution in [0.1, 0.15) is 47.6 Å². The fourth-order valence-corrected chi connectivity index (χ4v) is 5.79. The van der Waals surface area contributed by atoms with Crippen LogP contribution in [0.5, 0.6) is 5.75 Å². The molecule has 6 rings (SSSR count). The predicted molar refractivity (Wildman–Crippen MR) is 152 cm³/mol. The number of rotatable bonds is 8. The van der Waals surface area contributed by atoms with E-state index in [2.05, 4.69) is 90.4 Å². The first-order chi connectivity index (χ1) is 18.8. The van der Waals surface area contributed by atoms with E-state index < -0.39 is 0 Å². The standard InChI is InChI=1S/C34H36N2O2/c1-2-30-32(38-24-26-12-7-4-8-13-26)22-33(35-23-29-14-9-19-37-29)36-18-17-28-21-27(15-16-31(28)34(30)36)20-25-10-5-3-6-11-25/h3-8,10-13,15-16,21-22,29H,2,9,14,17-20,23-24H2,1H3. The highest BCUT2D eigenvalue weighted by molar-refractivity contribution is 5.72. The SMILES string of the molecule is CCc1c(OCc2ccccc2)cc(=NCC2CCCO2)n2c1-c1ccc(Cc3ccccc3)cc1CC2. The van der Waals surface area contributed by atoms with Crippen molar-refractivity contribution in [3.63, 3.8) is 0 Å². The minimum atomic E-state index is 0.224. The van der Waals surface area contributed by atoms with Crippen LogP contribution in [-0.2, 0) is 37.2 Å². The molecule has 1 saturated heterocycles. The van der Waals surface area contributed by atoms with Gasteiger partial charge in [-0.1, -0.05) is 85.8 Å². The van der Waals surface area contributed by atoms with Gasteiger partial charge in [-0.2, -0.15) is 0 Å². The third-order valence-electron chi connectivity index (χ3n) is 7.74. The van der Waals surface area contributed by atoms with Crippen LogP contribution in [0.4, 0.5) is 0 Å². The Hall–Kier alpha value is -3.63. The predicted octanol–water partition coefficient (Wildman–Crippen LogP) is 6.52. The summed E-state index contributed by atoms with van der Waals surface area (Å²) in [6.45, 7) is 5.25. The molecule has 0 radical (unpaired) electrons. The molecule has 0 bridgehead atoms. The summed E-state index contributed by atoms with van der Waals surface area (Å²) in [5, 5.41) is 0. The van der Waals surface area contributed by atoms with Gasteiger partial charge in [-0.3, -0.25) is 4.99 Å². The van der Waals surface area contributed by atoms with Crippen molar-refractivity contribution < 1.29 is 9.47 Å². The van der Waals surface area contributed by atoms with Crippen molar-refractivity contribution in [2.75, 3.05) is 13.2 Å². The number of ether oxygens (including phenoxy) is 2. The number of pyridine rings is 1. The molecule has 4 aromatic rings. The zero-order valence-electron chi connectivity index (χ0n) is 22.2. The number of aromatic nitrogens is 1. The van der Waals surface area contributed by atoms with Gasteiger partial charge in [0, 0.05) is 30.3 Å². The van der Waals surface area contributed by atoms with Gasteiger partial charge in [0.25, 0.3) is 0 Å². The Morgan fingerprint density at radius 1 is 0.921 bits per heavy atom. The fourth-order valence-electron chi connectivity index (χ4n) is 5.79. The average Bonchev–Trinajstić information content (AvgIpc) is 3.49. The summed E-state index contributed by atoms with van der Waals surface area (Å²) in [6.07, 6.45) is 5.30. The van der Waals surface area contributed by atoms with Gasteiger partial charge in [0.05, 0.1) is 18.3 Å². The molecule has 3 aromatic carbocycles. The summed E-state index contributed by atoms with van der Waals surface area (Å²) in [6, 6.07) is 30.3. The number of nitrogens with zero attached hydrogens (tertiary/aromatic N) is 2. The molecule has 0 amide bonds. The highest BCUT2D eigenvalue weighted by Gasteiger charge is 2.23. The van der Waals surface area contributed by atoms with Crippen LogP contribution in [0, 0.1) is 0 Å². The summed E-state index contributed by atoms with van der Waals surface area (Å²) in [7, 11) is 0.